The first-order valence-corrected chi connectivity index (χ1v) is 6.74. The Morgan fingerprint density at radius 1 is 1.18 bits per heavy atom. The summed E-state index contributed by atoms with van der Waals surface area (Å²) in [5.41, 5.74) is 4.08. The number of rotatable bonds is 2. The van der Waals surface area contributed by atoms with Crippen LogP contribution in [0.5, 0.6) is 5.75 Å². The van der Waals surface area contributed by atoms with Gasteiger partial charge in [-0.15, -0.1) is 0 Å². The van der Waals surface area contributed by atoms with Crippen LogP contribution in [0.4, 0.5) is 0 Å². The second-order valence-electron chi connectivity index (χ2n) is 5.48. The average Bonchev–Trinajstić information content (AvgIpc) is 3.06. The Bertz CT molecular complexity index is 423. The fraction of sp³-hybridized carbons (Fsp3) is 0.600. The molecule has 0 radical (unpaired) electrons. The number of ether oxygens (including phenoxy) is 1. The smallest absolute Gasteiger partial charge is 0.124 e. The van der Waals surface area contributed by atoms with Gasteiger partial charge in [-0.2, -0.15) is 0 Å². The Morgan fingerprint density at radius 3 is 2.76 bits per heavy atom. The quantitative estimate of drug-likeness (QED) is 0.843. The predicted octanol–water partition coefficient (Wildman–Crippen LogP) is 3.27. The molecule has 3 rings (SSSR count). The highest BCUT2D eigenvalue weighted by Gasteiger charge is 2.28. The topological polar surface area (TPSA) is 21.3 Å². The number of hydrogen-bond acceptors (Lipinski definition) is 2. The maximum Gasteiger partial charge on any atom is 0.124 e. The second-order valence-corrected chi connectivity index (χ2v) is 5.48. The van der Waals surface area contributed by atoms with Crippen molar-refractivity contribution < 1.29 is 4.74 Å². The maximum absolute atomic E-state index is 5.90. The number of fused-ring (bicyclic) bond motifs is 1. The number of hydrogen-bond donors (Lipinski definition) is 1. The van der Waals surface area contributed by atoms with Crippen molar-refractivity contribution in [3.05, 3.63) is 28.8 Å². The van der Waals surface area contributed by atoms with Crippen molar-refractivity contribution in [3.8, 4) is 5.75 Å². The van der Waals surface area contributed by atoms with Crippen molar-refractivity contribution in [2.24, 2.45) is 0 Å². The van der Waals surface area contributed by atoms with Gasteiger partial charge in [-0.3, -0.25) is 0 Å². The highest BCUT2D eigenvalue weighted by Crippen LogP contribution is 2.37. The van der Waals surface area contributed by atoms with Crippen LogP contribution in [0.3, 0.4) is 0 Å². The van der Waals surface area contributed by atoms with E-state index in [2.05, 4.69) is 31.3 Å². The molecule has 0 amide bonds. The fourth-order valence-corrected chi connectivity index (χ4v) is 2.82. The Labute approximate surface area is 103 Å². The first-order chi connectivity index (χ1) is 8.24. The third kappa shape index (κ3) is 2.32. The van der Waals surface area contributed by atoms with E-state index in [1.54, 1.807) is 0 Å². The van der Waals surface area contributed by atoms with Crippen LogP contribution in [-0.4, -0.2) is 12.6 Å². The molecule has 1 aliphatic carbocycles. The molecule has 1 atom stereocenters. The summed E-state index contributed by atoms with van der Waals surface area (Å²) in [6.07, 6.45) is 5.04. The number of benzene rings is 1. The maximum atomic E-state index is 5.90. The Kier molecular flexibility index (Phi) is 2.83. The number of aryl methyl sites for hydroxylation is 2. The van der Waals surface area contributed by atoms with E-state index >= 15 is 0 Å². The minimum atomic E-state index is 0.501. The predicted molar refractivity (Wildman–Crippen MR) is 69.5 cm³/mol. The molecule has 1 unspecified atom stereocenters. The Morgan fingerprint density at radius 2 is 2.00 bits per heavy atom. The van der Waals surface area contributed by atoms with E-state index in [0.717, 1.165) is 24.8 Å². The molecule has 92 valence electrons. The van der Waals surface area contributed by atoms with Gasteiger partial charge in [0, 0.05) is 17.6 Å². The minimum absolute atomic E-state index is 0.501. The van der Waals surface area contributed by atoms with Crippen LogP contribution >= 0.6 is 0 Å². The molecule has 1 fully saturated rings. The summed E-state index contributed by atoms with van der Waals surface area (Å²) in [6, 6.07) is 5.72. The third-order valence-electron chi connectivity index (χ3n) is 3.75. The van der Waals surface area contributed by atoms with Crippen molar-refractivity contribution >= 4 is 0 Å². The summed E-state index contributed by atoms with van der Waals surface area (Å²) >= 11 is 0. The molecule has 1 saturated carbocycles. The normalized spacial score (nSPS) is 23.8. The van der Waals surface area contributed by atoms with Crippen molar-refractivity contribution in [2.45, 2.75) is 51.6 Å². The standard InChI is InChI=1S/C15H21NO/c1-10-8-11(2)15-13(16-12-5-6-12)4-3-7-17-14(15)9-10/h8-9,12-13,16H,3-7H2,1-2H3. The van der Waals surface area contributed by atoms with Crippen LogP contribution in [0.1, 0.15) is 48.4 Å². The summed E-state index contributed by atoms with van der Waals surface area (Å²) in [5.74, 6) is 1.11. The minimum Gasteiger partial charge on any atom is -0.493 e. The first-order valence-electron chi connectivity index (χ1n) is 6.74. The molecule has 0 spiro atoms. The van der Waals surface area contributed by atoms with Gasteiger partial charge in [0.25, 0.3) is 0 Å². The zero-order valence-corrected chi connectivity index (χ0v) is 10.8. The fourth-order valence-electron chi connectivity index (χ4n) is 2.82. The van der Waals surface area contributed by atoms with Crippen LogP contribution in [-0.2, 0) is 0 Å². The highest BCUT2D eigenvalue weighted by atomic mass is 16.5. The van der Waals surface area contributed by atoms with E-state index < -0.39 is 0 Å². The van der Waals surface area contributed by atoms with Gasteiger partial charge in [-0.25, -0.2) is 0 Å². The average molecular weight is 231 g/mol. The van der Waals surface area contributed by atoms with Gasteiger partial charge in [-0.05, 0) is 56.7 Å². The molecule has 0 saturated heterocycles. The Hall–Kier alpha value is -1.02. The molecule has 1 aliphatic heterocycles. The van der Waals surface area contributed by atoms with Gasteiger partial charge in [0.2, 0.25) is 0 Å². The van der Waals surface area contributed by atoms with Gasteiger partial charge in [0.15, 0.2) is 0 Å². The molecular weight excluding hydrogens is 210 g/mol. The van der Waals surface area contributed by atoms with E-state index in [1.807, 2.05) is 0 Å². The van der Waals surface area contributed by atoms with Gasteiger partial charge < -0.3 is 10.1 Å². The largest absolute Gasteiger partial charge is 0.493 e. The first kappa shape index (κ1) is 11.1. The van der Waals surface area contributed by atoms with Gasteiger partial charge >= 0.3 is 0 Å². The molecule has 1 N–H and O–H groups in total. The summed E-state index contributed by atoms with van der Waals surface area (Å²) in [7, 11) is 0. The second kappa shape index (κ2) is 4.34. The summed E-state index contributed by atoms with van der Waals surface area (Å²) in [5, 5.41) is 3.77. The molecule has 1 aromatic rings. The molecule has 17 heavy (non-hydrogen) atoms. The third-order valence-corrected chi connectivity index (χ3v) is 3.75. The van der Waals surface area contributed by atoms with Crippen LogP contribution in [0.15, 0.2) is 12.1 Å². The SMILES string of the molecule is Cc1cc(C)c2c(c1)OCCCC2NC1CC1. The molecule has 1 aromatic carbocycles. The molecule has 2 heteroatoms. The monoisotopic (exact) mass is 231 g/mol. The van der Waals surface area contributed by atoms with Gasteiger partial charge in [0.1, 0.15) is 5.75 Å². The summed E-state index contributed by atoms with van der Waals surface area (Å²) in [4.78, 5) is 0. The molecular formula is C15H21NO. The molecule has 2 nitrogen and oxygen atoms in total. The van der Waals surface area contributed by atoms with Crippen LogP contribution < -0.4 is 10.1 Å². The van der Waals surface area contributed by atoms with Crippen molar-refractivity contribution in [1.29, 1.82) is 0 Å². The molecule has 2 aliphatic rings. The number of nitrogens with one attached hydrogen (secondary N) is 1. The van der Waals surface area contributed by atoms with E-state index in [-0.39, 0.29) is 0 Å². The lowest BCUT2D eigenvalue weighted by Crippen LogP contribution is -2.23. The summed E-state index contributed by atoms with van der Waals surface area (Å²) in [6.45, 7) is 5.21. The van der Waals surface area contributed by atoms with Crippen molar-refractivity contribution in [1.82, 2.24) is 5.32 Å². The van der Waals surface area contributed by atoms with E-state index in [9.17, 15) is 0 Å². The lowest BCUT2D eigenvalue weighted by molar-refractivity contribution is 0.315. The van der Waals surface area contributed by atoms with Crippen LogP contribution in [0, 0.1) is 13.8 Å². The molecule has 0 aromatic heterocycles. The van der Waals surface area contributed by atoms with Crippen LogP contribution in [0.25, 0.3) is 0 Å². The van der Waals surface area contributed by atoms with Gasteiger partial charge in [0.05, 0.1) is 6.61 Å². The Balaban J connectivity index is 1.97. The van der Waals surface area contributed by atoms with Crippen LogP contribution in [0.2, 0.25) is 0 Å². The zero-order chi connectivity index (χ0) is 11.8. The van der Waals surface area contributed by atoms with E-state index in [1.165, 1.54) is 36.0 Å². The lowest BCUT2D eigenvalue weighted by Gasteiger charge is -2.21. The molecule has 1 heterocycles. The van der Waals surface area contributed by atoms with E-state index in [0.29, 0.717) is 6.04 Å². The van der Waals surface area contributed by atoms with Crippen molar-refractivity contribution in [2.75, 3.05) is 6.61 Å². The van der Waals surface area contributed by atoms with E-state index in [4.69, 9.17) is 4.74 Å². The lowest BCUT2D eigenvalue weighted by atomic mass is 9.95. The van der Waals surface area contributed by atoms with Crippen molar-refractivity contribution in [3.63, 3.8) is 0 Å². The zero-order valence-electron chi connectivity index (χ0n) is 10.8. The van der Waals surface area contributed by atoms with Gasteiger partial charge in [-0.1, -0.05) is 6.07 Å². The molecule has 0 bridgehead atoms. The summed E-state index contributed by atoms with van der Waals surface area (Å²) < 4.78 is 5.90. The highest BCUT2D eigenvalue weighted by molar-refractivity contribution is 5.45.